The predicted octanol–water partition coefficient (Wildman–Crippen LogP) is 1.05. The van der Waals surface area contributed by atoms with E-state index in [1.54, 1.807) is 0 Å². The van der Waals surface area contributed by atoms with Crippen LogP contribution >= 0.6 is 0 Å². The van der Waals surface area contributed by atoms with Gasteiger partial charge < -0.3 is 5.11 Å². The first-order valence-electron chi connectivity index (χ1n) is 4.56. The van der Waals surface area contributed by atoms with Gasteiger partial charge in [-0.1, -0.05) is 12.1 Å². The fourth-order valence-electron chi connectivity index (χ4n) is 1.62. The fourth-order valence-corrected chi connectivity index (χ4v) is 2.37. The highest BCUT2D eigenvalue weighted by Gasteiger charge is 2.15. The van der Waals surface area contributed by atoms with E-state index in [0.717, 1.165) is 0 Å². The number of hydrogen-bond donors (Lipinski definition) is 1. The van der Waals surface area contributed by atoms with Crippen LogP contribution in [0.1, 0.15) is 0 Å². The number of rotatable bonds is 1. The van der Waals surface area contributed by atoms with Gasteiger partial charge in [0.1, 0.15) is 0 Å². The molecule has 0 unspecified atom stereocenters. The Balaban J connectivity index is 2.96. The average molecular weight is 249 g/mol. The maximum atomic E-state index is 11.7. The van der Waals surface area contributed by atoms with Gasteiger partial charge in [-0.2, -0.15) is 0 Å². The number of diazo groups is 1. The van der Waals surface area contributed by atoms with Crippen LogP contribution in [0.3, 0.4) is 0 Å². The van der Waals surface area contributed by atoms with Crippen molar-refractivity contribution in [2.45, 2.75) is 4.90 Å². The second-order valence-electron chi connectivity index (χ2n) is 3.41. The lowest BCUT2D eigenvalue weighted by Crippen LogP contribution is -2.12. The zero-order valence-corrected chi connectivity index (χ0v) is 9.31. The topological polar surface area (TPSA) is 111 Å². The van der Waals surface area contributed by atoms with Crippen LogP contribution in [0.25, 0.3) is 15.7 Å². The lowest BCUT2D eigenvalue weighted by Gasteiger charge is -2.09. The standard InChI is InChI=1S/C10H7N3O3S/c11-13-8-5-4-6-7(10(8)14)2-1-3-9(6)17(12,15)16/h1-5H,(H2-,12,14,15,16). The van der Waals surface area contributed by atoms with E-state index in [1.807, 2.05) is 0 Å². The lowest BCUT2D eigenvalue weighted by molar-refractivity contribution is -0.264. The van der Waals surface area contributed by atoms with Crippen molar-refractivity contribution in [2.75, 3.05) is 0 Å². The monoisotopic (exact) mass is 249 g/mol. The molecule has 0 aliphatic carbocycles. The summed E-state index contributed by atoms with van der Waals surface area (Å²) in [6, 6.07) is 6.78. The number of nitrogens with two attached hydrogens (primary N) is 1. The third-order valence-electron chi connectivity index (χ3n) is 2.37. The van der Waals surface area contributed by atoms with E-state index in [2.05, 4.69) is 4.98 Å². The Hall–Kier alpha value is -2.17. The highest BCUT2D eigenvalue weighted by Crippen LogP contribution is 2.34. The van der Waals surface area contributed by atoms with Crippen LogP contribution in [0.15, 0.2) is 35.2 Å². The molecule has 0 radical (unpaired) electrons. The molecule has 2 rings (SSSR count). The van der Waals surface area contributed by atoms with E-state index in [1.165, 1.54) is 30.3 Å². The summed E-state index contributed by atoms with van der Waals surface area (Å²) in [5, 5.41) is 25.7. The van der Waals surface area contributed by atoms with Crippen LogP contribution < -0.4 is 10.2 Å². The summed E-state index contributed by atoms with van der Waals surface area (Å²) in [6.45, 7) is 0. The minimum atomic E-state index is -3.90. The first-order valence-corrected chi connectivity index (χ1v) is 6.10. The van der Waals surface area contributed by atoms with Crippen molar-refractivity contribution in [2.24, 2.45) is 5.14 Å². The fraction of sp³-hybridized carbons (Fsp3) is 0. The van der Waals surface area contributed by atoms with Crippen molar-refractivity contribution in [1.82, 2.24) is 0 Å². The van der Waals surface area contributed by atoms with Gasteiger partial charge in [0.05, 0.1) is 4.90 Å². The van der Waals surface area contributed by atoms with Crippen molar-refractivity contribution in [3.63, 3.8) is 0 Å². The molecule has 0 aliphatic heterocycles. The normalized spacial score (nSPS) is 11.3. The Morgan fingerprint density at radius 1 is 1.18 bits per heavy atom. The minimum Gasteiger partial charge on any atom is -0.867 e. The van der Waals surface area contributed by atoms with Crippen LogP contribution in [0, 0.1) is 5.39 Å². The van der Waals surface area contributed by atoms with Gasteiger partial charge in [0.15, 0.2) is 4.98 Å². The summed E-state index contributed by atoms with van der Waals surface area (Å²) in [7, 11) is -3.90. The first-order chi connectivity index (χ1) is 7.95. The summed E-state index contributed by atoms with van der Waals surface area (Å²) in [5.74, 6) is -0.546. The maximum Gasteiger partial charge on any atom is 0.378 e. The highest BCUT2D eigenvalue weighted by atomic mass is 32.2. The average Bonchev–Trinajstić information content (AvgIpc) is 2.28. The largest absolute Gasteiger partial charge is 0.867 e. The Labute approximate surface area is 97.0 Å². The number of hydrogen-bond acceptors (Lipinski definition) is 4. The number of sulfonamides is 1. The molecule has 0 amide bonds. The summed E-state index contributed by atoms with van der Waals surface area (Å²) >= 11 is 0. The van der Waals surface area contributed by atoms with Crippen molar-refractivity contribution in [1.29, 1.82) is 5.39 Å². The third kappa shape index (κ3) is 1.80. The predicted molar refractivity (Wildman–Crippen MR) is 59.5 cm³/mol. The molecule has 0 aromatic heterocycles. The molecule has 0 saturated heterocycles. The smallest absolute Gasteiger partial charge is 0.378 e. The van der Waals surface area contributed by atoms with E-state index in [9.17, 15) is 13.5 Å². The zero-order chi connectivity index (χ0) is 12.6. The SMILES string of the molecule is N#[N+]c1ccc2c(S(N)(=O)=O)cccc2c1[O-]. The molecule has 0 fully saturated rings. The Kier molecular flexibility index (Phi) is 2.46. The molecule has 86 valence electrons. The lowest BCUT2D eigenvalue weighted by atomic mass is 10.1. The van der Waals surface area contributed by atoms with E-state index in [4.69, 9.17) is 10.5 Å². The van der Waals surface area contributed by atoms with Crippen LogP contribution in [0.4, 0.5) is 5.69 Å². The molecular weight excluding hydrogens is 242 g/mol. The van der Waals surface area contributed by atoms with E-state index in [0.29, 0.717) is 0 Å². The van der Waals surface area contributed by atoms with Gasteiger partial charge in [0.2, 0.25) is 15.4 Å². The van der Waals surface area contributed by atoms with Gasteiger partial charge in [-0.25, -0.2) is 13.6 Å². The molecular formula is C10H7N3O3S. The number of nitrogens with zero attached hydrogens (tertiary/aromatic N) is 2. The second kappa shape index (κ2) is 3.69. The summed E-state index contributed by atoms with van der Waals surface area (Å²) in [5.41, 5.74) is -0.149. The van der Waals surface area contributed by atoms with Crippen molar-refractivity contribution < 1.29 is 13.5 Å². The molecule has 2 aromatic carbocycles. The van der Waals surface area contributed by atoms with Gasteiger partial charge in [-0.3, -0.25) is 0 Å². The Morgan fingerprint density at radius 2 is 1.88 bits per heavy atom. The molecule has 0 atom stereocenters. The number of primary sulfonamides is 1. The third-order valence-corrected chi connectivity index (χ3v) is 3.33. The summed E-state index contributed by atoms with van der Waals surface area (Å²) in [4.78, 5) is 2.69. The van der Waals surface area contributed by atoms with Crippen molar-refractivity contribution >= 4 is 26.5 Å². The minimum absolute atomic E-state index is 0.128. The van der Waals surface area contributed by atoms with Gasteiger partial charge in [0.25, 0.3) is 0 Å². The molecule has 7 heteroatoms. The summed E-state index contributed by atoms with van der Waals surface area (Å²) in [6.07, 6.45) is 0. The van der Waals surface area contributed by atoms with Gasteiger partial charge in [0, 0.05) is 11.5 Å². The van der Waals surface area contributed by atoms with E-state index < -0.39 is 15.8 Å². The van der Waals surface area contributed by atoms with Crippen molar-refractivity contribution in [3.05, 3.63) is 35.3 Å². The van der Waals surface area contributed by atoms with Crippen LogP contribution in [-0.4, -0.2) is 8.42 Å². The molecule has 2 N–H and O–H groups in total. The first kappa shape index (κ1) is 11.3. The van der Waals surface area contributed by atoms with E-state index >= 15 is 0 Å². The van der Waals surface area contributed by atoms with Gasteiger partial charge in [-0.15, -0.1) is 0 Å². The zero-order valence-electron chi connectivity index (χ0n) is 8.49. The molecule has 0 saturated carbocycles. The molecule has 17 heavy (non-hydrogen) atoms. The van der Waals surface area contributed by atoms with E-state index in [-0.39, 0.29) is 21.4 Å². The van der Waals surface area contributed by atoms with Gasteiger partial charge >= 0.3 is 5.69 Å². The van der Waals surface area contributed by atoms with Crippen LogP contribution in [0.2, 0.25) is 0 Å². The van der Waals surface area contributed by atoms with Crippen LogP contribution in [0.5, 0.6) is 5.75 Å². The number of fused-ring (bicyclic) bond motifs is 1. The van der Waals surface area contributed by atoms with Crippen LogP contribution in [-0.2, 0) is 10.0 Å². The number of benzene rings is 2. The quantitative estimate of drug-likeness (QED) is 0.761. The molecule has 0 heterocycles. The molecule has 6 nitrogen and oxygen atoms in total. The highest BCUT2D eigenvalue weighted by molar-refractivity contribution is 7.89. The Bertz CT molecular complexity index is 747. The second-order valence-corrected chi connectivity index (χ2v) is 4.94. The molecule has 0 aliphatic rings. The van der Waals surface area contributed by atoms with Crippen molar-refractivity contribution in [3.8, 4) is 5.75 Å². The molecule has 0 spiro atoms. The Morgan fingerprint density at radius 3 is 2.47 bits per heavy atom. The maximum absolute atomic E-state index is 11.7. The summed E-state index contributed by atoms with van der Waals surface area (Å²) < 4.78 is 22.6. The van der Waals surface area contributed by atoms with Gasteiger partial charge in [-0.05, 0) is 23.3 Å². The molecule has 2 aromatic rings. The molecule has 0 bridgehead atoms.